The molecule has 0 spiro atoms. The summed E-state index contributed by atoms with van der Waals surface area (Å²) in [6.07, 6.45) is 0. The molecular weight excluding hydrogens is 242 g/mol. The number of ether oxygens (including phenoxy) is 1. The van der Waals surface area contributed by atoms with Crippen molar-refractivity contribution in [1.82, 2.24) is 4.98 Å². The SMILES string of the molecule is CC(C)COCCNc1nc(NN)c(F)cc1F. The van der Waals surface area contributed by atoms with Gasteiger partial charge in [-0.15, -0.1) is 0 Å². The van der Waals surface area contributed by atoms with Gasteiger partial charge >= 0.3 is 0 Å². The summed E-state index contributed by atoms with van der Waals surface area (Å²) in [5, 5.41) is 2.72. The molecule has 0 saturated heterocycles. The summed E-state index contributed by atoms with van der Waals surface area (Å²) >= 11 is 0. The van der Waals surface area contributed by atoms with Gasteiger partial charge < -0.3 is 15.5 Å². The smallest absolute Gasteiger partial charge is 0.178 e. The van der Waals surface area contributed by atoms with Crippen LogP contribution in [0.4, 0.5) is 20.4 Å². The number of aromatic nitrogens is 1. The van der Waals surface area contributed by atoms with Crippen LogP contribution in [0.3, 0.4) is 0 Å². The van der Waals surface area contributed by atoms with E-state index in [2.05, 4.69) is 15.7 Å². The lowest BCUT2D eigenvalue weighted by Crippen LogP contribution is -2.16. The zero-order valence-electron chi connectivity index (χ0n) is 10.5. The second kappa shape index (κ2) is 7.07. The molecule has 1 aromatic heterocycles. The van der Waals surface area contributed by atoms with E-state index in [0.717, 1.165) is 6.07 Å². The van der Waals surface area contributed by atoms with E-state index >= 15 is 0 Å². The Morgan fingerprint density at radius 1 is 1.33 bits per heavy atom. The third-order valence-corrected chi connectivity index (χ3v) is 2.06. The number of hydrogen-bond acceptors (Lipinski definition) is 5. The molecule has 0 aliphatic carbocycles. The molecule has 0 unspecified atom stereocenters. The van der Waals surface area contributed by atoms with Gasteiger partial charge in [-0.1, -0.05) is 13.8 Å². The maximum absolute atomic E-state index is 13.3. The van der Waals surface area contributed by atoms with Crippen LogP contribution in [-0.2, 0) is 4.74 Å². The molecule has 0 aliphatic heterocycles. The molecule has 5 nitrogen and oxygen atoms in total. The number of anilines is 2. The van der Waals surface area contributed by atoms with Crippen LogP contribution in [0.5, 0.6) is 0 Å². The van der Waals surface area contributed by atoms with Gasteiger partial charge in [0, 0.05) is 19.2 Å². The molecule has 0 saturated carbocycles. The van der Waals surface area contributed by atoms with E-state index in [0.29, 0.717) is 25.7 Å². The maximum Gasteiger partial charge on any atom is 0.178 e. The highest BCUT2D eigenvalue weighted by molar-refractivity contribution is 5.46. The van der Waals surface area contributed by atoms with E-state index in [1.54, 1.807) is 0 Å². The normalized spacial score (nSPS) is 10.8. The number of nitrogens with two attached hydrogens (primary N) is 1. The molecule has 102 valence electrons. The van der Waals surface area contributed by atoms with Crippen molar-refractivity contribution < 1.29 is 13.5 Å². The largest absolute Gasteiger partial charge is 0.379 e. The standard InChI is InChI=1S/C11H18F2N4O/c1-7(2)6-18-4-3-15-10-8(12)5-9(13)11(16-10)17-14/h5,7H,3-4,6,14H2,1-2H3,(H2,15,16,17). The van der Waals surface area contributed by atoms with Crippen molar-refractivity contribution in [2.45, 2.75) is 13.8 Å². The lowest BCUT2D eigenvalue weighted by atomic mass is 10.2. The van der Waals surface area contributed by atoms with Crippen LogP contribution >= 0.6 is 0 Å². The first kappa shape index (κ1) is 14.6. The number of nitrogens with zero attached hydrogens (tertiary/aromatic N) is 1. The van der Waals surface area contributed by atoms with E-state index in [-0.39, 0.29) is 11.6 Å². The fourth-order valence-electron chi connectivity index (χ4n) is 1.25. The monoisotopic (exact) mass is 260 g/mol. The first-order valence-corrected chi connectivity index (χ1v) is 5.69. The highest BCUT2D eigenvalue weighted by atomic mass is 19.1. The third-order valence-electron chi connectivity index (χ3n) is 2.06. The highest BCUT2D eigenvalue weighted by Crippen LogP contribution is 2.17. The molecule has 0 amide bonds. The first-order chi connectivity index (χ1) is 8.54. The Balaban J connectivity index is 2.47. The number of hydrogen-bond donors (Lipinski definition) is 3. The first-order valence-electron chi connectivity index (χ1n) is 5.69. The number of hydrazine groups is 1. The fourth-order valence-corrected chi connectivity index (χ4v) is 1.25. The molecule has 0 fully saturated rings. The van der Waals surface area contributed by atoms with E-state index < -0.39 is 11.6 Å². The Morgan fingerprint density at radius 2 is 2.00 bits per heavy atom. The molecule has 1 rings (SSSR count). The van der Waals surface area contributed by atoms with Gasteiger partial charge in [-0.25, -0.2) is 19.6 Å². The van der Waals surface area contributed by atoms with Crippen LogP contribution in [-0.4, -0.2) is 24.7 Å². The van der Waals surface area contributed by atoms with Crippen LogP contribution in [0.15, 0.2) is 6.07 Å². The molecule has 0 bridgehead atoms. The lowest BCUT2D eigenvalue weighted by Gasteiger charge is -2.10. The molecular formula is C11H18F2N4O. The van der Waals surface area contributed by atoms with Crippen molar-refractivity contribution in [3.8, 4) is 0 Å². The maximum atomic E-state index is 13.3. The van der Waals surface area contributed by atoms with E-state index in [1.807, 2.05) is 13.8 Å². The average Bonchev–Trinajstić information content (AvgIpc) is 2.30. The second-order valence-electron chi connectivity index (χ2n) is 4.19. The van der Waals surface area contributed by atoms with E-state index in [4.69, 9.17) is 10.6 Å². The van der Waals surface area contributed by atoms with Gasteiger partial charge in [0.15, 0.2) is 23.3 Å². The quantitative estimate of drug-likeness (QED) is 0.395. The number of halogens is 2. The number of nitrogens with one attached hydrogen (secondary N) is 2. The molecule has 1 aromatic rings. The van der Waals surface area contributed by atoms with Crippen molar-refractivity contribution >= 4 is 11.6 Å². The molecule has 0 aliphatic rings. The number of rotatable bonds is 7. The minimum atomic E-state index is -0.836. The lowest BCUT2D eigenvalue weighted by molar-refractivity contribution is 0.118. The Hall–Kier alpha value is -1.47. The van der Waals surface area contributed by atoms with Crippen LogP contribution in [0, 0.1) is 17.6 Å². The fraction of sp³-hybridized carbons (Fsp3) is 0.545. The van der Waals surface area contributed by atoms with Crippen molar-refractivity contribution in [1.29, 1.82) is 0 Å². The average molecular weight is 260 g/mol. The van der Waals surface area contributed by atoms with E-state index in [9.17, 15) is 8.78 Å². The van der Waals surface area contributed by atoms with Crippen molar-refractivity contribution in [2.24, 2.45) is 11.8 Å². The summed E-state index contributed by atoms with van der Waals surface area (Å²) in [6, 6.07) is 0.722. The number of pyridine rings is 1. The molecule has 0 radical (unpaired) electrons. The summed E-state index contributed by atoms with van der Waals surface area (Å²) < 4.78 is 31.7. The molecule has 7 heteroatoms. The molecule has 4 N–H and O–H groups in total. The Kier molecular flexibility index (Phi) is 5.73. The summed E-state index contributed by atoms with van der Waals surface area (Å²) in [6.45, 7) is 5.51. The molecule has 18 heavy (non-hydrogen) atoms. The predicted octanol–water partition coefficient (Wildman–Crippen LogP) is 1.73. The second-order valence-corrected chi connectivity index (χ2v) is 4.19. The van der Waals surface area contributed by atoms with Crippen LogP contribution < -0.4 is 16.6 Å². The van der Waals surface area contributed by atoms with Crippen LogP contribution in [0.1, 0.15) is 13.8 Å². The van der Waals surface area contributed by atoms with Crippen molar-refractivity contribution in [2.75, 3.05) is 30.5 Å². The molecule has 1 heterocycles. The summed E-state index contributed by atoms with van der Waals surface area (Å²) in [5.74, 6) is 3.63. The Bertz CT molecular complexity index is 388. The topological polar surface area (TPSA) is 72.2 Å². The van der Waals surface area contributed by atoms with Gasteiger partial charge in [-0.3, -0.25) is 0 Å². The Labute approximate surface area is 105 Å². The van der Waals surface area contributed by atoms with Gasteiger partial charge in [0.1, 0.15) is 0 Å². The number of nitrogen functional groups attached to an aromatic ring is 1. The Morgan fingerprint density at radius 3 is 2.61 bits per heavy atom. The zero-order valence-corrected chi connectivity index (χ0v) is 10.5. The van der Waals surface area contributed by atoms with Crippen molar-refractivity contribution in [3.05, 3.63) is 17.7 Å². The van der Waals surface area contributed by atoms with Crippen LogP contribution in [0.25, 0.3) is 0 Å². The van der Waals surface area contributed by atoms with Gasteiger partial charge in [0.25, 0.3) is 0 Å². The predicted molar refractivity (Wildman–Crippen MR) is 66.1 cm³/mol. The van der Waals surface area contributed by atoms with Gasteiger partial charge in [-0.05, 0) is 5.92 Å². The summed E-state index contributed by atoms with van der Waals surface area (Å²) in [4.78, 5) is 3.67. The summed E-state index contributed by atoms with van der Waals surface area (Å²) in [5.41, 5.74) is 2.06. The van der Waals surface area contributed by atoms with Gasteiger partial charge in [-0.2, -0.15) is 0 Å². The minimum Gasteiger partial charge on any atom is -0.379 e. The van der Waals surface area contributed by atoms with E-state index in [1.165, 1.54) is 0 Å². The highest BCUT2D eigenvalue weighted by Gasteiger charge is 2.10. The third kappa shape index (κ3) is 4.42. The van der Waals surface area contributed by atoms with Gasteiger partial charge in [0.05, 0.1) is 6.61 Å². The summed E-state index contributed by atoms with van der Waals surface area (Å²) in [7, 11) is 0. The van der Waals surface area contributed by atoms with Gasteiger partial charge in [0.2, 0.25) is 0 Å². The van der Waals surface area contributed by atoms with Crippen molar-refractivity contribution in [3.63, 3.8) is 0 Å². The molecule has 0 atom stereocenters. The molecule has 0 aromatic carbocycles. The van der Waals surface area contributed by atoms with Crippen LogP contribution in [0.2, 0.25) is 0 Å². The minimum absolute atomic E-state index is 0.0579. The zero-order chi connectivity index (χ0) is 13.5.